The highest BCUT2D eigenvalue weighted by Crippen LogP contribution is 2.20. The van der Waals surface area contributed by atoms with Crippen molar-refractivity contribution in [3.63, 3.8) is 0 Å². The van der Waals surface area contributed by atoms with Gasteiger partial charge in [0.05, 0.1) is 17.6 Å². The number of nitrogens with two attached hydrogens (primary N) is 1. The van der Waals surface area contributed by atoms with Crippen LogP contribution in [-0.4, -0.2) is 113 Å². The van der Waals surface area contributed by atoms with Crippen molar-refractivity contribution >= 4 is 35.2 Å². The van der Waals surface area contributed by atoms with E-state index in [0.717, 1.165) is 31.6 Å². The summed E-state index contributed by atoms with van der Waals surface area (Å²) in [6, 6.07) is 6.80. The van der Waals surface area contributed by atoms with Crippen LogP contribution in [-0.2, 0) is 9.47 Å². The summed E-state index contributed by atoms with van der Waals surface area (Å²) < 4.78 is 10.7. The highest BCUT2D eigenvalue weighted by Gasteiger charge is 2.27. The van der Waals surface area contributed by atoms with E-state index in [2.05, 4.69) is 14.9 Å². The van der Waals surface area contributed by atoms with Gasteiger partial charge in [-0.15, -0.1) is 0 Å². The zero-order chi connectivity index (χ0) is 33.1. The molecule has 4 heterocycles. The second-order valence-electron chi connectivity index (χ2n) is 12.0. The van der Waals surface area contributed by atoms with Crippen molar-refractivity contribution in [3.8, 4) is 0 Å². The lowest BCUT2D eigenvalue weighted by Gasteiger charge is -2.36. The molecule has 0 saturated carbocycles. The zero-order valence-corrected chi connectivity index (χ0v) is 26.7. The van der Waals surface area contributed by atoms with E-state index >= 15 is 0 Å². The number of hydrogen-bond acceptors (Lipinski definition) is 12. The van der Waals surface area contributed by atoms with Crippen LogP contribution in [0.4, 0.5) is 32.6 Å². The molecule has 0 aromatic carbocycles. The molecule has 15 nitrogen and oxygen atoms in total. The van der Waals surface area contributed by atoms with E-state index in [1.165, 1.54) is 12.3 Å². The van der Waals surface area contributed by atoms with Gasteiger partial charge in [-0.25, -0.2) is 14.6 Å². The van der Waals surface area contributed by atoms with Gasteiger partial charge in [0.2, 0.25) is 0 Å². The lowest BCUT2D eigenvalue weighted by Crippen LogP contribution is -2.50. The standard InChI is InChI=1S/C14H20N4O4.C14H22N4O2.CH4O.CH4/c1-14(2,3)22-13(19)17-8-6-16(7-9-17)11-4-5-12(15-10-11)18(20)21;1-14(2,3)20-13(19)18-8-6-17(7-9-18)11-4-5-12(15)16-10-11;1-2;/h4-5,10H,6-9H2,1-3H3;4-5,10H,6-9H2,1-3H3,(H2,15,16);2H,1H3;1H4. The maximum Gasteiger partial charge on any atom is 0.410 e. The molecule has 0 unspecified atom stereocenters. The molecule has 3 N–H and O–H groups in total. The maximum atomic E-state index is 12.0. The average molecular weight is 635 g/mol. The molecule has 45 heavy (non-hydrogen) atoms. The lowest BCUT2D eigenvalue weighted by molar-refractivity contribution is -0.389. The summed E-state index contributed by atoms with van der Waals surface area (Å²) in [7, 11) is 1.00. The minimum absolute atomic E-state index is 0. The van der Waals surface area contributed by atoms with Crippen LogP contribution < -0.4 is 15.5 Å². The number of ether oxygens (including phenoxy) is 2. The van der Waals surface area contributed by atoms with Gasteiger partial charge < -0.3 is 50.0 Å². The summed E-state index contributed by atoms with van der Waals surface area (Å²) >= 11 is 0. The molecule has 0 radical (unpaired) electrons. The Labute approximate surface area is 266 Å². The highest BCUT2D eigenvalue weighted by atomic mass is 16.6. The minimum atomic E-state index is -0.524. The largest absolute Gasteiger partial charge is 0.444 e. The number of nitro groups is 1. The lowest BCUT2D eigenvalue weighted by atomic mass is 10.2. The number of carbonyl (C=O) groups is 2. The summed E-state index contributed by atoms with van der Waals surface area (Å²) in [5, 5.41) is 17.6. The van der Waals surface area contributed by atoms with Crippen LogP contribution in [0.1, 0.15) is 49.0 Å². The number of carbonyl (C=O) groups excluding carboxylic acids is 2. The molecular formula is C30H50N8O7. The Bertz CT molecular complexity index is 1200. The van der Waals surface area contributed by atoms with Crippen LogP contribution in [0.2, 0.25) is 0 Å². The first-order chi connectivity index (χ1) is 20.6. The molecule has 2 aliphatic rings. The first-order valence-corrected chi connectivity index (χ1v) is 14.3. The highest BCUT2D eigenvalue weighted by molar-refractivity contribution is 5.69. The predicted molar refractivity (Wildman–Crippen MR) is 174 cm³/mol. The SMILES string of the molecule is C.CC(C)(C)OC(=O)N1CCN(c2ccc(N)nc2)CC1.CC(C)(C)OC(=O)N1CCN(c2ccc([N+](=O)[O-])nc2)CC1.CO. The Kier molecular flexibility index (Phi) is 14.7. The molecule has 0 spiro atoms. The molecule has 4 rings (SSSR count). The van der Waals surface area contributed by atoms with Gasteiger partial charge in [0.15, 0.2) is 6.20 Å². The molecule has 15 heteroatoms. The Morgan fingerprint density at radius 2 is 1.13 bits per heavy atom. The molecular weight excluding hydrogens is 584 g/mol. The number of hydrogen-bond donors (Lipinski definition) is 2. The molecule has 2 amide bonds. The molecule has 2 fully saturated rings. The number of pyridine rings is 2. The third-order valence-corrected chi connectivity index (χ3v) is 6.28. The van der Waals surface area contributed by atoms with Crippen LogP contribution >= 0.6 is 0 Å². The van der Waals surface area contributed by atoms with E-state index in [-0.39, 0.29) is 25.4 Å². The van der Waals surface area contributed by atoms with Crippen LogP contribution in [0.15, 0.2) is 36.7 Å². The molecule has 2 aromatic rings. The Morgan fingerprint density at radius 3 is 1.42 bits per heavy atom. The number of nitrogen functional groups attached to an aromatic ring is 1. The fourth-order valence-corrected chi connectivity index (χ4v) is 4.21. The molecule has 0 bridgehead atoms. The van der Waals surface area contributed by atoms with Crippen molar-refractivity contribution in [2.75, 3.05) is 75.0 Å². The monoisotopic (exact) mass is 634 g/mol. The second kappa shape index (κ2) is 17.2. The fraction of sp³-hybridized carbons (Fsp3) is 0.600. The summed E-state index contributed by atoms with van der Waals surface area (Å²) in [4.78, 5) is 49.5. The third kappa shape index (κ3) is 13.0. The quantitative estimate of drug-likeness (QED) is 0.366. The number of amides is 2. The number of aliphatic hydroxyl groups is 1. The van der Waals surface area contributed by atoms with Gasteiger partial charge in [0.25, 0.3) is 0 Å². The number of aromatic nitrogens is 2. The second-order valence-corrected chi connectivity index (χ2v) is 12.0. The van der Waals surface area contributed by atoms with Crippen molar-refractivity contribution in [3.05, 3.63) is 46.8 Å². The minimum Gasteiger partial charge on any atom is -0.444 e. The Hall–Kier alpha value is -4.40. The number of aliphatic hydroxyl groups excluding tert-OH is 1. The van der Waals surface area contributed by atoms with Gasteiger partial charge in [-0.3, -0.25) is 0 Å². The molecule has 2 aliphatic heterocycles. The van der Waals surface area contributed by atoms with Gasteiger partial charge in [0.1, 0.15) is 17.0 Å². The third-order valence-electron chi connectivity index (χ3n) is 6.28. The Morgan fingerprint density at radius 1 is 0.756 bits per heavy atom. The first kappa shape index (κ1) is 38.6. The van der Waals surface area contributed by atoms with Gasteiger partial charge in [0, 0.05) is 65.5 Å². The fourth-order valence-electron chi connectivity index (χ4n) is 4.21. The summed E-state index contributed by atoms with van der Waals surface area (Å²) in [5.41, 5.74) is 6.47. The van der Waals surface area contributed by atoms with E-state index < -0.39 is 16.1 Å². The predicted octanol–water partition coefficient (Wildman–Crippen LogP) is 4.01. The number of rotatable bonds is 3. The van der Waals surface area contributed by atoms with Crippen LogP contribution in [0.25, 0.3) is 0 Å². The van der Waals surface area contributed by atoms with Crippen LogP contribution in [0, 0.1) is 10.1 Å². The number of nitrogens with zero attached hydrogens (tertiary/aromatic N) is 7. The van der Waals surface area contributed by atoms with Crippen molar-refractivity contribution in [1.82, 2.24) is 19.8 Å². The molecule has 2 saturated heterocycles. The zero-order valence-electron chi connectivity index (χ0n) is 26.7. The van der Waals surface area contributed by atoms with Gasteiger partial charge >= 0.3 is 18.0 Å². The van der Waals surface area contributed by atoms with Crippen LogP contribution in [0.3, 0.4) is 0 Å². The van der Waals surface area contributed by atoms with Gasteiger partial charge in [-0.1, -0.05) is 7.43 Å². The first-order valence-electron chi connectivity index (χ1n) is 14.3. The van der Waals surface area contributed by atoms with Crippen molar-refractivity contribution < 1.29 is 29.1 Å². The Balaban J connectivity index is 0.000000419. The van der Waals surface area contributed by atoms with Gasteiger partial charge in [-0.2, -0.15) is 0 Å². The van der Waals surface area contributed by atoms with Crippen LogP contribution in [0.5, 0.6) is 0 Å². The molecule has 252 valence electrons. The average Bonchev–Trinajstić information content (AvgIpc) is 2.97. The van der Waals surface area contributed by atoms with E-state index in [0.29, 0.717) is 45.1 Å². The summed E-state index contributed by atoms with van der Waals surface area (Å²) in [6.07, 6.45) is 2.70. The van der Waals surface area contributed by atoms with Gasteiger partial charge in [-0.05, 0) is 69.6 Å². The number of piperazine rings is 2. The molecule has 0 aliphatic carbocycles. The normalized spacial score (nSPS) is 14.9. The number of anilines is 3. The van der Waals surface area contributed by atoms with E-state index in [1.807, 2.05) is 52.5 Å². The van der Waals surface area contributed by atoms with Crippen molar-refractivity contribution in [1.29, 1.82) is 0 Å². The maximum absolute atomic E-state index is 12.0. The summed E-state index contributed by atoms with van der Waals surface area (Å²) in [5.74, 6) is 0.345. The van der Waals surface area contributed by atoms with Crippen molar-refractivity contribution in [2.24, 2.45) is 0 Å². The van der Waals surface area contributed by atoms with Crippen molar-refractivity contribution in [2.45, 2.75) is 60.2 Å². The summed E-state index contributed by atoms with van der Waals surface area (Å²) in [6.45, 7) is 16.4. The smallest absolute Gasteiger partial charge is 0.410 e. The topological polar surface area (TPSA) is 181 Å². The van der Waals surface area contributed by atoms with E-state index in [9.17, 15) is 19.7 Å². The van der Waals surface area contributed by atoms with E-state index in [4.69, 9.17) is 20.3 Å². The van der Waals surface area contributed by atoms with E-state index in [1.54, 1.807) is 28.1 Å². The molecule has 0 atom stereocenters. The molecule has 2 aromatic heterocycles.